The topological polar surface area (TPSA) is 91.9 Å². The highest BCUT2D eigenvalue weighted by molar-refractivity contribution is 5.96. The molecule has 2 aliphatic heterocycles. The molecule has 4 rings (SSSR count). The zero-order chi connectivity index (χ0) is 18.1. The van der Waals surface area contributed by atoms with Crippen molar-refractivity contribution in [2.75, 3.05) is 20.1 Å². The second-order valence-electron chi connectivity index (χ2n) is 7.07. The van der Waals surface area contributed by atoms with Crippen LogP contribution >= 0.6 is 0 Å². The van der Waals surface area contributed by atoms with E-state index in [1.165, 1.54) is 0 Å². The molecule has 0 bridgehead atoms. The summed E-state index contributed by atoms with van der Waals surface area (Å²) in [4.78, 5) is 7.12. The minimum absolute atomic E-state index is 0.211. The molecule has 6 heteroatoms. The lowest BCUT2D eigenvalue weighted by Gasteiger charge is -2.35. The number of aliphatic imine (C=N–C) groups is 1. The van der Waals surface area contributed by atoms with E-state index in [2.05, 4.69) is 34.3 Å². The van der Waals surface area contributed by atoms with Crippen LogP contribution in [0.3, 0.4) is 0 Å². The fraction of sp³-hybridized carbons (Fsp3) is 0.400. The first-order valence-electron chi connectivity index (χ1n) is 8.92. The zero-order valence-electron chi connectivity index (χ0n) is 14.7. The van der Waals surface area contributed by atoms with E-state index in [0.717, 1.165) is 48.6 Å². The number of likely N-dealkylation sites (tertiary alicyclic amines) is 1. The first-order valence-corrected chi connectivity index (χ1v) is 8.92. The summed E-state index contributed by atoms with van der Waals surface area (Å²) in [7, 11) is 2.12. The van der Waals surface area contributed by atoms with E-state index >= 15 is 0 Å². The molecule has 2 atom stereocenters. The molecule has 130 valence electrons. The predicted molar refractivity (Wildman–Crippen MR) is 98.0 cm³/mol. The van der Waals surface area contributed by atoms with Crippen LogP contribution in [-0.4, -0.2) is 40.9 Å². The van der Waals surface area contributed by atoms with Gasteiger partial charge >= 0.3 is 0 Å². The maximum Gasteiger partial charge on any atom is 0.151 e. The molecule has 1 fully saturated rings. The molecule has 6 nitrogen and oxygen atoms in total. The molecule has 1 saturated heterocycles. The molecule has 1 aromatic heterocycles. The van der Waals surface area contributed by atoms with Crippen molar-refractivity contribution in [1.82, 2.24) is 15.1 Å². The van der Waals surface area contributed by atoms with Gasteiger partial charge in [-0.15, -0.1) is 0 Å². The Morgan fingerprint density at radius 1 is 1.15 bits per heavy atom. The lowest BCUT2D eigenvalue weighted by Crippen LogP contribution is -2.38. The van der Waals surface area contributed by atoms with Crippen LogP contribution in [-0.2, 0) is 0 Å². The van der Waals surface area contributed by atoms with Gasteiger partial charge in [0.2, 0.25) is 0 Å². The molecule has 1 aromatic carbocycles. The van der Waals surface area contributed by atoms with Gasteiger partial charge in [-0.2, -0.15) is 15.6 Å². The Morgan fingerprint density at radius 3 is 2.65 bits per heavy atom. The Hall–Kier alpha value is -2.96. The lowest BCUT2D eigenvalue weighted by atomic mass is 9.72. The normalized spacial score (nSPS) is 23.6. The Labute approximate surface area is 152 Å². The van der Waals surface area contributed by atoms with E-state index in [1.54, 1.807) is 6.20 Å². The first kappa shape index (κ1) is 16.5. The highest BCUT2D eigenvalue weighted by atomic mass is 15.2. The SMILES string of the molecule is CN1CCC(C2=Nc3[nH]ncc3C(c3ccccc3C#N)C2C#N)CC1. The van der Waals surface area contributed by atoms with Crippen LogP contribution < -0.4 is 0 Å². The number of aromatic amines is 1. The molecule has 3 heterocycles. The Morgan fingerprint density at radius 2 is 1.92 bits per heavy atom. The summed E-state index contributed by atoms with van der Waals surface area (Å²) in [6, 6.07) is 12.3. The fourth-order valence-corrected chi connectivity index (χ4v) is 4.16. The van der Waals surface area contributed by atoms with Crippen molar-refractivity contribution in [3.63, 3.8) is 0 Å². The summed E-state index contributed by atoms with van der Waals surface area (Å²) >= 11 is 0. The number of rotatable bonds is 2. The standard InChI is InChI=1S/C20H20N6/c1-26-8-6-13(7-9-26)19-16(11-22)18(17-12-23-25-20(17)24-19)15-5-3-2-4-14(15)10-21/h2-5,12-13,16,18H,6-9H2,1H3,(H,23,25). The highest BCUT2D eigenvalue weighted by Crippen LogP contribution is 2.44. The average Bonchev–Trinajstić information content (AvgIpc) is 3.15. The number of hydrogen-bond donors (Lipinski definition) is 1. The Kier molecular flexibility index (Phi) is 4.28. The van der Waals surface area contributed by atoms with Crippen molar-refractivity contribution in [3.8, 4) is 12.1 Å². The number of fused-ring (bicyclic) bond motifs is 1. The Balaban J connectivity index is 1.82. The summed E-state index contributed by atoms with van der Waals surface area (Å²) in [6.07, 6.45) is 3.75. The summed E-state index contributed by atoms with van der Waals surface area (Å²) in [5, 5.41) is 26.7. The molecule has 2 aliphatic rings. The van der Waals surface area contributed by atoms with Crippen LogP contribution in [0.25, 0.3) is 0 Å². The number of benzene rings is 1. The third kappa shape index (κ3) is 2.69. The Bertz CT molecular complexity index is 920. The summed E-state index contributed by atoms with van der Waals surface area (Å²) in [5.41, 5.74) is 3.32. The van der Waals surface area contributed by atoms with Gasteiger partial charge in [0.05, 0.1) is 29.8 Å². The van der Waals surface area contributed by atoms with Crippen molar-refractivity contribution in [3.05, 3.63) is 47.2 Å². The number of nitrogens with zero attached hydrogens (tertiary/aromatic N) is 5. The molecule has 0 aliphatic carbocycles. The van der Waals surface area contributed by atoms with Crippen molar-refractivity contribution >= 4 is 11.5 Å². The minimum atomic E-state index is -0.372. The van der Waals surface area contributed by atoms with E-state index in [-0.39, 0.29) is 11.8 Å². The largest absolute Gasteiger partial charge is 0.306 e. The van der Waals surface area contributed by atoms with Crippen molar-refractivity contribution in [2.45, 2.75) is 18.8 Å². The average molecular weight is 344 g/mol. The fourth-order valence-electron chi connectivity index (χ4n) is 4.16. The quantitative estimate of drug-likeness (QED) is 0.906. The molecule has 0 spiro atoms. The van der Waals surface area contributed by atoms with Gasteiger partial charge in [-0.25, -0.2) is 4.99 Å². The van der Waals surface area contributed by atoms with Gasteiger partial charge in [0.1, 0.15) is 0 Å². The molecule has 2 aromatic rings. The maximum atomic E-state index is 10.0. The van der Waals surface area contributed by atoms with Gasteiger partial charge in [-0.05, 0) is 44.6 Å². The number of hydrogen-bond acceptors (Lipinski definition) is 5. The molecule has 0 saturated carbocycles. The van der Waals surface area contributed by atoms with Gasteiger partial charge in [-0.1, -0.05) is 18.2 Å². The second-order valence-corrected chi connectivity index (χ2v) is 7.07. The maximum absolute atomic E-state index is 10.0. The monoisotopic (exact) mass is 344 g/mol. The third-order valence-corrected chi connectivity index (χ3v) is 5.57. The highest BCUT2D eigenvalue weighted by Gasteiger charge is 2.40. The lowest BCUT2D eigenvalue weighted by molar-refractivity contribution is 0.249. The molecular formula is C20H20N6. The van der Waals surface area contributed by atoms with Crippen LogP contribution in [0.2, 0.25) is 0 Å². The van der Waals surface area contributed by atoms with Crippen molar-refractivity contribution in [2.24, 2.45) is 16.8 Å². The smallest absolute Gasteiger partial charge is 0.151 e. The summed E-state index contributed by atoms with van der Waals surface area (Å²) < 4.78 is 0. The van der Waals surface area contributed by atoms with Gasteiger partial charge in [0, 0.05) is 23.1 Å². The van der Waals surface area contributed by atoms with E-state index in [4.69, 9.17) is 4.99 Å². The number of piperidine rings is 1. The molecule has 26 heavy (non-hydrogen) atoms. The number of aromatic nitrogens is 2. The van der Waals surface area contributed by atoms with Crippen LogP contribution in [0.1, 0.15) is 35.4 Å². The van der Waals surface area contributed by atoms with E-state index in [9.17, 15) is 10.5 Å². The predicted octanol–water partition coefficient (Wildman–Crippen LogP) is 2.98. The zero-order valence-corrected chi connectivity index (χ0v) is 14.7. The number of nitriles is 2. The minimum Gasteiger partial charge on any atom is -0.306 e. The van der Waals surface area contributed by atoms with Gasteiger partial charge in [-0.3, -0.25) is 5.10 Å². The molecule has 0 radical (unpaired) electrons. The van der Waals surface area contributed by atoms with E-state index in [0.29, 0.717) is 11.5 Å². The van der Waals surface area contributed by atoms with Crippen molar-refractivity contribution in [1.29, 1.82) is 10.5 Å². The third-order valence-electron chi connectivity index (χ3n) is 5.57. The van der Waals surface area contributed by atoms with E-state index in [1.807, 2.05) is 24.3 Å². The molecule has 0 amide bonds. The van der Waals surface area contributed by atoms with E-state index < -0.39 is 0 Å². The van der Waals surface area contributed by atoms with Gasteiger partial charge in [0.25, 0.3) is 0 Å². The molecular weight excluding hydrogens is 324 g/mol. The number of nitrogens with one attached hydrogen (secondary N) is 1. The van der Waals surface area contributed by atoms with Crippen LogP contribution in [0, 0.1) is 34.5 Å². The number of H-pyrrole nitrogens is 1. The van der Waals surface area contributed by atoms with Crippen LogP contribution in [0.5, 0.6) is 0 Å². The summed E-state index contributed by atoms with van der Waals surface area (Å²) in [5.74, 6) is 0.437. The van der Waals surface area contributed by atoms with Crippen LogP contribution in [0.4, 0.5) is 5.82 Å². The van der Waals surface area contributed by atoms with Crippen molar-refractivity contribution < 1.29 is 0 Å². The van der Waals surface area contributed by atoms with Crippen LogP contribution in [0.15, 0.2) is 35.5 Å². The second kappa shape index (κ2) is 6.74. The molecule has 2 unspecified atom stereocenters. The summed E-state index contributed by atoms with van der Waals surface area (Å²) in [6.45, 7) is 2.02. The van der Waals surface area contributed by atoms with Gasteiger partial charge in [0.15, 0.2) is 5.82 Å². The first-order chi connectivity index (χ1) is 12.7. The van der Waals surface area contributed by atoms with Gasteiger partial charge < -0.3 is 4.90 Å². The molecule has 1 N–H and O–H groups in total.